The van der Waals surface area contributed by atoms with E-state index in [2.05, 4.69) is 31.2 Å². The smallest absolute Gasteiger partial charge is 0.272 e. The third-order valence-electron chi connectivity index (χ3n) is 10.8. The summed E-state index contributed by atoms with van der Waals surface area (Å²) in [6.07, 6.45) is 12.8. The molecule has 3 aliphatic carbocycles. The van der Waals surface area contributed by atoms with E-state index in [-0.39, 0.29) is 41.3 Å². The second-order valence-corrected chi connectivity index (χ2v) is 15.7. The van der Waals surface area contributed by atoms with Gasteiger partial charge in [-0.05, 0) is 68.1 Å². The van der Waals surface area contributed by atoms with Crippen molar-refractivity contribution in [3.8, 4) is 0 Å². The minimum absolute atomic E-state index is 0.0544. The van der Waals surface area contributed by atoms with Crippen LogP contribution in [0.3, 0.4) is 0 Å². The number of carbonyl (C=O) groups is 5. The van der Waals surface area contributed by atoms with E-state index >= 15 is 0 Å². The van der Waals surface area contributed by atoms with Gasteiger partial charge in [0.1, 0.15) is 23.8 Å². The van der Waals surface area contributed by atoms with Gasteiger partial charge < -0.3 is 31.3 Å². The number of aliphatic hydroxyl groups excluding tert-OH is 1. The summed E-state index contributed by atoms with van der Waals surface area (Å²) in [6.45, 7) is 7.95. The first-order valence-corrected chi connectivity index (χ1v) is 18.4. The predicted molar refractivity (Wildman–Crippen MR) is 182 cm³/mol. The zero-order valence-corrected chi connectivity index (χ0v) is 29.5. The van der Waals surface area contributed by atoms with Crippen LogP contribution in [-0.4, -0.2) is 92.4 Å². The number of amides is 5. The molecule has 13 heteroatoms. The maximum atomic E-state index is 14.6. The number of carbonyl (C=O) groups excluding carboxylic acids is 5. The van der Waals surface area contributed by atoms with Crippen molar-refractivity contribution in [3.05, 3.63) is 24.3 Å². The summed E-state index contributed by atoms with van der Waals surface area (Å²) in [4.78, 5) is 78.5. The van der Waals surface area contributed by atoms with Gasteiger partial charge in [0, 0.05) is 25.0 Å². The van der Waals surface area contributed by atoms with Crippen molar-refractivity contribution in [2.45, 2.75) is 141 Å². The quantitative estimate of drug-likeness (QED) is 0.210. The molecule has 0 bridgehead atoms. The highest BCUT2D eigenvalue weighted by atomic mass is 16.3. The first kappa shape index (κ1) is 36.7. The number of nitrogens with zero attached hydrogens (tertiary/aromatic N) is 3. The minimum atomic E-state index is -1.40. The highest BCUT2D eigenvalue weighted by Gasteiger charge is 2.52. The molecule has 1 aromatic rings. The first-order chi connectivity index (χ1) is 23.4. The Bertz CT molecular complexity index is 1340. The second kappa shape index (κ2) is 15.9. The third kappa shape index (κ3) is 8.95. The normalized spacial score (nSPS) is 25.0. The zero-order chi connectivity index (χ0) is 35.3. The highest BCUT2D eigenvalue weighted by Crippen LogP contribution is 2.43. The Hall–Kier alpha value is -3.61. The van der Waals surface area contributed by atoms with Gasteiger partial charge in [0.15, 0.2) is 6.10 Å². The number of rotatable bonds is 13. The largest absolute Gasteiger partial charge is 0.381 e. The van der Waals surface area contributed by atoms with E-state index in [9.17, 15) is 29.1 Å². The van der Waals surface area contributed by atoms with Gasteiger partial charge in [0.2, 0.25) is 17.7 Å². The van der Waals surface area contributed by atoms with Crippen molar-refractivity contribution >= 4 is 29.5 Å². The van der Waals surface area contributed by atoms with Crippen LogP contribution in [0.2, 0.25) is 0 Å². The number of aromatic nitrogens is 2. The van der Waals surface area contributed by atoms with Crippen molar-refractivity contribution < 1.29 is 29.1 Å². The molecule has 3 saturated carbocycles. The molecule has 0 spiro atoms. The molecule has 5 N–H and O–H groups in total. The van der Waals surface area contributed by atoms with Crippen LogP contribution in [0.1, 0.15) is 115 Å². The molecule has 5 amide bonds. The highest BCUT2D eigenvalue weighted by molar-refractivity contribution is 5.98. The number of likely N-dealkylation sites (tertiary alicyclic amines) is 1. The summed E-state index contributed by atoms with van der Waals surface area (Å²) >= 11 is 0. The lowest BCUT2D eigenvalue weighted by atomic mass is 9.82. The average Bonchev–Trinajstić information content (AvgIpc) is 3.65. The van der Waals surface area contributed by atoms with Gasteiger partial charge >= 0.3 is 0 Å². The van der Waals surface area contributed by atoms with Crippen LogP contribution in [0.25, 0.3) is 0 Å². The van der Waals surface area contributed by atoms with E-state index in [0.717, 1.165) is 64.2 Å². The van der Waals surface area contributed by atoms with Crippen LogP contribution in [0, 0.1) is 23.2 Å². The van der Waals surface area contributed by atoms with Gasteiger partial charge in [0.05, 0.1) is 12.2 Å². The molecule has 1 aliphatic heterocycles. The molecule has 0 aromatic carbocycles. The van der Waals surface area contributed by atoms with Crippen LogP contribution in [-0.2, 0) is 19.2 Å². The molecule has 1 unspecified atom stereocenters. The molecule has 4 fully saturated rings. The Kier molecular flexibility index (Phi) is 11.9. The van der Waals surface area contributed by atoms with Crippen molar-refractivity contribution in [3.63, 3.8) is 0 Å². The number of aliphatic hydroxyl groups is 1. The number of nitrogens with one attached hydrogen (secondary N) is 4. The van der Waals surface area contributed by atoms with Crippen LogP contribution in [0.15, 0.2) is 18.6 Å². The Labute approximate surface area is 289 Å². The molecule has 7 atom stereocenters. The van der Waals surface area contributed by atoms with Crippen molar-refractivity contribution in [2.75, 3.05) is 6.54 Å². The Morgan fingerprint density at radius 2 is 1.65 bits per heavy atom. The van der Waals surface area contributed by atoms with Crippen LogP contribution in [0.5, 0.6) is 0 Å². The van der Waals surface area contributed by atoms with Crippen LogP contribution < -0.4 is 21.3 Å². The lowest BCUT2D eigenvalue weighted by Gasteiger charge is -2.38. The van der Waals surface area contributed by atoms with Crippen LogP contribution in [0.4, 0.5) is 0 Å². The van der Waals surface area contributed by atoms with Gasteiger partial charge in [-0.15, -0.1) is 0 Å². The molecule has 0 radical (unpaired) electrons. The van der Waals surface area contributed by atoms with Gasteiger partial charge in [-0.3, -0.25) is 29.0 Å². The van der Waals surface area contributed by atoms with E-state index in [4.69, 9.17) is 0 Å². The fourth-order valence-corrected chi connectivity index (χ4v) is 8.00. The van der Waals surface area contributed by atoms with Crippen molar-refractivity contribution in [2.24, 2.45) is 23.2 Å². The molecule has 270 valence electrons. The van der Waals surface area contributed by atoms with E-state index in [0.29, 0.717) is 19.4 Å². The molecular weight excluding hydrogens is 626 g/mol. The van der Waals surface area contributed by atoms with E-state index in [1.807, 2.05) is 27.7 Å². The van der Waals surface area contributed by atoms with E-state index < -0.39 is 53.4 Å². The molecule has 1 aromatic heterocycles. The third-order valence-corrected chi connectivity index (χ3v) is 10.8. The summed E-state index contributed by atoms with van der Waals surface area (Å²) in [5.41, 5.74) is -0.618. The molecule has 49 heavy (non-hydrogen) atoms. The van der Waals surface area contributed by atoms with Crippen LogP contribution >= 0.6 is 0 Å². The fraction of sp³-hybridized carbons (Fsp3) is 0.750. The first-order valence-electron chi connectivity index (χ1n) is 18.4. The van der Waals surface area contributed by atoms with Crippen molar-refractivity contribution in [1.29, 1.82) is 0 Å². The minimum Gasteiger partial charge on any atom is -0.381 e. The molecular formula is C36H55N7O6. The van der Waals surface area contributed by atoms with Gasteiger partial charge in [0.25, 0.3) is 11.8 Å². The number of hydrogen-bond acceptors (Lipinski definition) is 8. The maximum absolute atomic E-state index is 14.6. The van der Waals surface area contributed by atoms with Gasteiger partial charge in [-0.25, -0.2) is 4.98 Å². The predicted octanol–water partition coefficient (Wildman–Crippen LogP) is 2.24. The fourth-order valence-electron chi connectivity index (χ4n) is 8.00. The maximum Gasteiger partial charge on any atom is 0.272 e. The zero-order valence-electron chi connectivity index (χ0n) is 29.5. The van der Waals surface area contributed by atoms with Crippen molar-refractivity contribution in [1.82, 2.24) is 36.1 Å². The topological polar surface area (TPSA) is 183 Å². The summed E-state index contributed by atoms with van der Waals surface area (Å²) in [5, 5.41) is 22.6. The average molecular weight is 682 g/mol. The summed E-state index contributed by atoms with van der Waals surface area (Å²) < 4.78 is 0. The number of hydrogen-bond donors (Lipinski definition) is 5. The Morgan fingerprint density at radius 3 is 2.29 bits per heavy atom. The molecule has 13 nitrogen and oxygen atoms in total. The summed E-state index contributed by atoms with van der Waals surface area (Å²) in [6, 6.07) is -3.35. The standard InChI is InChI=1S/C36H55N7O6/c1-5-10-25(29(44)34(48)39-23-15-16-23)40-33(47)28-24-14-9-13-22(24)20-43(28)35(49)30(36(2,3)4)42-32(46)27(21-11-7-6-8-12-21)41-31(45)26-19-37-17-18-38-26/h17-19,21-25,27-30,44H,5-16,20H2,1-4H3,(H,39,48)(H,40,47)(H,41,45)(H,42,46)/t22-,24-,25-,27-,28?,29-,30+/m0/s1. The Balaban J connectivity index is 1.35. The molecule has 2 heterocycles. The number of fused-ring (bicyclic) bond motifs is 1. The molecule has 4 aliphatic rings. The molecule has 5 rings (SSSR count). The van der Waals surface area contributed by atoms with E-state index in [1.54, 1.807) is 4.90 Å². The Morgan fingerprint density at radius 1 is 0.918 bits per heavy atom. The lowest BCUT2D eigenvalue weighted by molar-refractivity contribution is -0.146. The molecule has 1 saturated heterocycles. The summed E-state index contributed by atoms with van der Waals surface area (Å²) in [5.74, 6) is -2.18. The second-order valence-electron chi connectivity index (χ2n) is 15.7. The van der Waals surface area contributed by atoms with Gasteiger partial charge in [-0.2, -0.15) is 0 Å². The van der Waals surface area contributed by atoms with E-state index in [1.165, 1.54) is 18.6 Å². The lowest BCUT2D eigenvalue weighted by Crippen LogP contribution is -2.62. The monoisotopic (exact) mass is 681 g/mol. The SMILES string of the molecule is CCC[C@H](NC(=O)C1[C@H]2CCC[C@H]2CN1C(=O)[C@@H](NC(=O)[C@@H](NC(=O)c1cnccn1)C1CCCCC1)C(C)(C)C)[C@H](O)C(=O)NC1CC1. The van der Waals surface area contributed by atoms with Gasteiger partial charge in [-0.1, -0.05) is 59.8 Å². The summed E-state index contributed by atoms with van der Waals surface area (Å²) in [7, 11) is 0.